The molecule has 3 aromatic carbocycles. The summed E-state index contributed by atoms with van der Waals surface area (Å²) in [5.41, 5.74) is 1.74. The first-order valence-electron chi connectivity index (χ1n) is 16.0. The molecule has 12 nitrogen and oxygen atoms in total. The number of benzene rings is 3. The van der Waals surface area contributed by atoms with E-state index in [-0.39, 0.29) is 38.6 Å². The summed E-state index contributed by atoms with van der Waals surface area (Å²) in [4.78, 5) is 57.8. The van der Waals surface area contributed by atoms with E-state index in [2.05, 4.69) is 0 Å². The molecule has 0 aromatic heterocycles. The van der Waals surface area contributed by atoms with Crippen LogP contribution in [0, 0.1) is 5.92 Å². The number of carbonyl (C=O) groups excluding carboxylic acids is 4. The van der Waals surface area contributed by atoms with Gasteiger partial charge in [0.15, 0.2) is 5.60 Å². The fourth-order valence-corrected chi connectivity index (χ4v) is 6.34. The molecule has 0 unspecified atom stereocenters. The maximum atomic E-state index is 14.2. The Morgan fingerprint density at radius 3 is 2.19 bits per heavy atom. The van der Waals surface area contributed by atoms with Crippen molar-refractivity contribution in [1.29, 1.82) is 0 Å². The molecule has 3 heterocycles. The zero-order valence-electron chi connectivity index (χ0n) is 26.7. The highest BCUT2D eigenvalue weighted by molar-refractivity contribution is 6.08. The minimum atomic E-state index is -2.00. The van der Waals surface area contributed by atoms with Gasteiger partial charge in [0.2, 0.25) is 5.91 Å². The van der Waals surface area contributed by atoms with Gasteiger partial charge in [0.25, 0.3) is 5.91 Å². The van der Waals surface area contributed by atoms with Crippen LogP contribution in [0.25, 0.3) is 0 Å². The van der Waals surface area contributed by atoms with Gasteiger partial charge in [0, 0.05) is 42.4 Å². The number of amides is 4. The Hall–Kier alpha value is -5.20. The lowest BCUT2D eigenvalue weighted by Crippen LogP contribution is -2.44. The Morgan fingerprint density at radius 2 is 1.56 bits per heavy atom. The number of fused-ring (bicyclic) bond motifs is 1. The lowest BCUT2D eigenvalue weighted by atomic mass is 9.82. The summed E-state index contributed by atoms with van der Waals surface area (Å²) in [7, 11) is 0. The number of aliphatic hydroxyl groups excluding tert-OH is 1. The van der Waals surface area contributed by atoms with E-state index in [0.29, 0.717) is 48.9 Å². The summed E-state index contributed by atoms with van der Waals surface area (Å²) in [5, 5.41) is 21.8. The molecule has 0 bridgehead atoms. The van der Waals surface area contributed by atoms with Gasteiger partial charge in [0.1, 0.15) is 13.2 Å². The Kier molecular flexibility index (Phi) is 9.47. The van der Waals surface area contributed by atoms with Crippen LogP contribution in [-0.2, 0) is 37.8 Å². The highest BCUT2D eigenvalue weighted by atomic mass is 16.6. The number of nitrogens with zero attached hydrogens (tertiary/aromatic N) is 4. The third kappa shape index (κ3) is 6.36. The first-order valence-corrected chi connectivity index (χ1v) is 16.0. The molecule has 250 valence electrons. The van der Waals surface area contributed by atoms with Gasteiger partial charge in [-0.3, -0.25) is 19.4 Å². The molecular formula is C36H38N4O8. The molecule has 3 aliphatic rings. The molecule has 0 spiro atoms. The van der Waals surface area contributed by atoms with Crippen molar-refractivity contribution in [3.8, 4) is 0 Å². The van der Waals surface area contributed by atoms with Crippen molar-refractivity contribution < 1.29 is 38.9 Å². The van der Waals surface area contributed by atoms with Crippen molar-refractivity contribution in [1.82, 2.24) is 4.90 Å². The van der Waals surface area contributed by atoms with Crippen molar-refractivity contribution in [2.24, 2.45) is 5.92 Å². The van der Waals surface area contributed by atoms with E-state index >= 15 is 0 Å². The SMILES string of the molecule is C[C@@H](/C=C/CC(=O)N(CCO)Cc1ccccc1)[C@]1(O)C(=O)N(Cc2ccc(N3CCOC3=O)cc2)c2ccc(N3CCOC3=O)cc21. The van der Waals surface area contributed by atoms with Crippen LogP contribution < -0.4 is 14.7 Å². The van der Waals surface area contributed by atoms with Crippen LogP contribution in [0.4, 0.5) is 26.7 Å². The molecule has 3 aromatic rings. The second-order valence-corrected chi connectivity index (χ2v) is 12.0. The van der Waals surface area contributed by atoms with Crippen molar-refractivity contribution >= 4 is 41.1 Å². The van der Waals surface area contributed by atoms with Gasteiger partial charge in [-0.25, -0.2) is 9.59 Å². The van der Waals surface area contributed by atoms with Gasteiger partial charge in [-0.1, -0.05) is 61.5 Å². The average Bonchev–Trinajstić information content (AvgIpc) is 3.78. The van der Waals surface area contributed by atoms with E-state index < -0.39 is 29.6 Å². The van der Waals surface area contributed by atoms with E-state index in [9.17, 15) is 29.4 Å². The minimum Gasteiger partial charge on any atom is -0.447 e. The molecule has 6 rings (SSSR count). The van der Waals surface area contributed by atoms with Crippen LogP contribution in [-0.4, -0.2) is 78.6 Å². The van der Waals surface area contributed by atoms with Crippen LogP contribution >= 0.6 is 0 Å². The van der Waals surface area contributed by atoms with Gasteiger partial charge in [0.05, 0.1) is 31.9 Å². The zero-order valence-corrected chi connectivity index (χ0v) is 26.7. The topological polar surface area (TPSA) is 140 Å². The van der Waals surface area contributed by atoms with E-state index in [4.69, 9.17) is 9.47 Å². The number of carbonyl (C=O) groups is 4. The van der Waals surface area contributed by atoms with E-state index in [1.807, 2.05) is 42.5 Å². The quantitative estimate of drug-likeness (QED) is 0.280. The Bertz CT molecular complexity index is 1710. The number of hydrogen-bond acceptors (Lipinski definition) is 8. The number of cyclic esters (lactones) is 2. The van der Waals surface area contributed by atoms with E-state index in [1.165, 1.54) is 14.7 Å². The van der Waals surface area contributed by atoms with Crippen LogP contribution in [0.15, 0.2) is 84.9 Å². The number of hydrogen-bond donors (Lipinski definition) is 2. The zero-order chi connectivity index (χ0) is 33.8. The third-order valence-electron chi connectivity index (χ3n) is 8.99. The lowest BCUT2D eigenvalue weighted by molar-refractivity contribution is -0.139. The van der Waals surface area contributed by atoms with E-state index in [1.54, 1.807) is 54.3 Å². The average molecular weight is 655 g/mol. The molecule has 12 heteroatoms. The van der Waals surface area contributed by atoms with Crippen molar-refractivity contribution in [2.45, 2.75) is 32.0 Å². The van der Waals surface area contributed by atoms with Crippen molar-refractivity contribution in [3.05, 3.63) is 102 Å². The molecule has 2 saturated heterocycles. The Labute approximate surface area is 278 Å². The summed E-state index contributed by atoms with van der Waals surface area (Å²) < 4.78 is 10.1. The fraction of sp³-hybridized carbons (Fsp3) is 0.333. The van der Waals surface area contributed by atoms with Gasteiger partial charge < -0.3 is 29.5 Å². The highest BCUT2D eigenvalue weighted by Gasteiger charge is 2.53. The third-order valence-corrected chi connectivity index (χ3v) is 8.99. The smallest absolute Gasteiger partial charge is 0.414 e. The summed E-state index contributed by atoms with van der Waals surface area (Å²) in [6.45, 7) is 3.56. The van der Waals surface area contributed by atoms with Gasteiger partial charge in [-0.2, -0.15) is 0 Å². The standard InChI is InChI=1S/C36H38N4O8/c1-25(6-5-9-32(42)37(16-19-41)23-26-7-3-2-4-8-26)36(46)30-22-29(39-18-21-48-35(39)45)14-15-31(30)40(33(36)43)24-27-10-12-28(13-11-27)38-17-20-47-34(38)44/h2-8,10-15,22,25,41,46H,9,16-21,23-24H2,1H3/b6-5+/t25-,36+/m0/s1. The maximum Gasteiger partial charge on any atom is 0.414 e. The van der Waals surface area contributed by atoms with Crippen LogP contribution in [0.3, 0.4) is 0 Å². The summed E-state index contributed by atoms with van der Waals surface area (Å²) in [5.74, 6) is -1.50. The molecule has 0 aliphatic carbocycles. The normalized spacial score (nSPS) is 19.6. The van der Waals surface area contributed by atoms with Gasteiger partial charge in [-0.15, -0.1) is 0 Å². The molecule has 0 saturated carbocycles. The first-order chi connectivity index (χ1) is 23.2. The molecule has 2 fully saturated rings. The summed E-state index contributed by atoms with van der Waals surface area (Å²) >= 11 is 0. The minimum absolute atomic E-state index is 0.00851. The molecule has 0 radical (unpaired) electrons. The monoisotopic (exact) mass is 654 g/mol. The fourth-order valence-electron chi connectivity index (χ4n) is 6.34. The molecule has 3 aliphatic heterocycles. The largest absolute Gasteiger partial charge is 0.447 e. The summed E-state index contributed by atoms with van der Waals surface area (Å²) in [6.07, 6.45) is 2.39. The van der Waals surface area contributed by atoms with Gasteiger partial charge in [-0.05, 0) is 41.5 Å². The Balaban J connectivity index is 1.24. The lowest BCUT2D eigenvalue weighted by Gasteiger charge is -2.28. The van der Waals surface area contributed by atoms with E-state index in [0.717, 1.165) is 11.1 Å². The number of anilines is 3. The van der Waals surface area contributed by atoms with Gasteiger partial charge >= 0.3 is 12.2 Å². The Morgan fingerprint density at radius 1 is 0.917 bits per heavy atom. The predicted molar refractivity (Wildman–Crippen MR) is 177 cm³/mol. The van der Waals surface area contributed by atoms with Crippen molar-refractivity contribution in [2.75, 3.05) is 54.2 Å². The predicted octanol–water partition coefficient (Wildman–Crippen LogP) is 3.94. The second-order valence-electron chi connectivity index (χ2n) is 12.0. The molecule has 4 amide bonds. The van der Waals surface area contributed by atoms with Crippen LogP contribution in [0.5, 0.6) is 0 Å². The number of ether oxygens (including phenoxy) is 2. The molecule has 2 atom stereocenters. The number of rotatable bonds is 12. The second kappa shape index (κ2) is 13.9. The molecular weight excluding hydrogens is 616 g/mol. The molecule has 2 N–H and O–H groups in total. The van der Waals surface area contributed by atoms with Crippen molar-refractivity contribution in [3.63, 3.8) is 0 Å². The van der Waals surface area contributed by atoms with Crippen LogP contribution in [0.2, 0.25) is 0 Å². The molecule has 48 heavy (non-hydrogen) atoms. The number of aliphatic hydroxyl groups is 2. The summed E-state index contributed by atoms with van der Waals surface area (Å²) in [6, 6.07) is 21.8. The maximum absolute atomic E-state index is 14.2. The highest BCUT2D eigenvalue weighted by Crippen LogP contribution is 2.47. The first kappa shape index (κ1) is 32.7. The van der Waals surface area contributed by atoms with Crippen LogP contribution in [0.1, 0.15) is 30.0 Å².